The zero-order chi connectivity index (χ0) is 37.3. The van der Waals surface area contributed by atoms with Crippen molar-refractivity contribution in [1.29, 1.82) is 0 Å². The molecule has 3 aromatic rings. The van der Waals surface area contributed by atoms with E-state index in [1.54, 1.807) is 48.5 Å². The predicted octanol–water partition coefficient (Wildman–Crippen LogP) is 4.30. The van der Waals surface area contributed by atoms with Gasteiger partial charge in [0.15, 0.2) is 5.78 Å². The van der Waals surface area contributed by atoms with Crippen molar-refractivity contribution >= 4 is 44.9 Å². The number of carbonyl (C=O) groups is 2. The summed E-state index contributed by atoms with van der Waals surface area (Å²) in [5, 5.41) is 12.6. The maximum atomic E-state index is 13.1. The number of likely N-dealkylation sites (N-methyl/N-ethyl adjacent to an activating group) is 1. The molecule has 12 nitrogen and oxygen atoms in total. The lowest BCUT2D eigenvalue weighted by Crippen LogP contribution is -2.31. The van der Waals surface area contributed by atoms with Crippen molar-refractivity contribution in [1.82, 2.24) is 14.9 Å². The minimum atomic E-state index is -3.76. The fourth-order valence-electron chi connectivity index (χ4n) is 5.69. The molecule has 0 fully saturated rings. The van der Waals surface area contributed by atoms with Gasteiger partial charge in [0, 0.05) is 66.3 Å². The number of nitrogens with zero attached hydrogens (tertiary/aromatic N) is 1. The highest BCUT2D eigenvalue weighted by molar-refractivity contribution is 7.89. The summed E-state index contributed by atoms with van der Waals surface area (Å²) in [5.41, 5.74) is 3.84. The van der Waals surface area contributed by atoms with Gasteiger partial charge in [0.1, 0.15) is 0 Å². The number of carbonyl (C=O) groups excluding carboxylic acids is 2. The summed E-state index contributed by atoms with van der Waals surface area (Å²) in [6.07, 6.45) is 0.891. The highest BCUT2D eigenvalue weighted by Crippen LogP contribution is 2.38. The summed E-state index contributed by atoms with van der Waals surface area (Å²) in [6, 6.07) is 17.1. The Balaban J connectivity index is 1.04. The van der Waals surface area contributed by atoms with E-state index in [1.165, 1.54) is 0 Å². The van der Waals surface area contributed by atoms with Gasteiger partial charge in [-0.3, -0.25) is 9.59 Å². The summed E-state index contributed by atoms with van der Waals surface area (Å²) < 4.78 is 50.4. The lowest BCUT2D eigenvalue weighted by atomic mass is 9.85. The maximum absolute atomic E-state index is 13.1. The zero-order valence-corrected chi connectivity index (χ0v) is 31.6. The number of hydrogen-bond donors (Lipinski definition) is 3. The third-order valence-electron chi connectivity index (χ3n) is 8.27. The summed E-state index contributed by atoms with van der Waals surface area (Å²) in [4.78, 5) is 27.0. The molecule has 15 heteroatoms. The van der Waals surface area contributed by atoms with Crippen LogP contribution in [-0.2, 0) is 35.5 Å². The minimum absolute atomic E-state index is 0.0314. The molecule has 0 aliphatic carbocycles. The Labute approximate surface area is 315 Å². The number of halogens is 2. The fraction of sp³-hybridized carbons (Fsp3) is 0.459. The topological polar surface area (TPSA) is 153 Å². The first-order chi connectivity index (χ1) is 25.1. The van der Waals surface area contributed by atoms with E-state index in [2.05, 4.69) is 14.9 Å². The number of nitrogens with one attached hydrogen (secondary N) is 2. The van der Waals surface area contributed by atoms with Gasteiger partial charge < -0.3 is 34.3 Å². The second-order valence-electron chi connectivity index (χ2n) is 12.2. The van der Waals surface area contributed by atoms with E-state index in [0.717, 1.165) is 16.7 Å². The van der Waals surface area contributed by atoms with Crippen molar-refractivity contribution in [3.63, 3.8) is 0 Å². The SMILES string of the molecule is CN1Cc2c(Cl)cc(Cl)cc2C(c2cccc(S(=O)(=O)NCCOCCOCCOCCNC(=O)c3ccc(C(=O)CCCOCCO)cc3)c2)C1. The van der Waals surface area contributed by atoms with Gasteiger partial charge in [-0.15, -0.1) is 0 Å². The molecule has 3 aromatic carbocycles. The Morgan fingerprint density at radius 3 is 2.21 bits per heavy atom. The molecule has 0 radical (unpaired) electrons. The van der Waals surface area contributed by atoms with Crippen LogP contribution in [0.5, 0.6) is 0 Å². The lowest BCUT2D eigenvalue weighted by Gasteiger charge is -2.33. The molecule has 0 spiro atoms. The van der Waals surface area contributed by atoms with E-state index < -0.39 is 10.0 Å². The Morgan fingerprint density at radius 2 is 1.50 bits per heavy atom. The van der Waals surface area contributed by atoms with Gasteiger partial charge in [0.05, 0.1) is 57.8 Å². The normalized spacial score (nSPS) is 14.7. The van der Waals surface area contributed by atoms with Crippen LogP contribution in [0.1, 0.15) is 56.2 Å². The van der Waals surface area contributed by atoms with E-state index >= 15 is 0 Å². The summed E-state index contributed by atoms with van der Waals surface area (Å²) in [6.45, 7) is 4.18. The van der Waals surface area contributed by atoms with Crippen molar-refractivity contribution in [3.8, 4) is 0 Å². The van der Waals surface area contributed by atoms with Gasteiger partial charge in [0.25, 0.3) is 5.91 Å². The molecule has 0 saturated carbocycles. The second-order valence-corrected chi connectivity index (χ2v) is 14.8. The first-order valence-electron chi connectivity index (χ1n) is 17.2. The highest BCUT2D eigenvalue weighted by atomic mass is 35.5. The third-order valence-corrected chi connectivity index (χ3v) is 10.3. The van der Waals surface area contributed by atoms with Crippen molar-refractivity contribution in [2.45, 2.75) is 30.2 Å². The van der Waals surface area contributed by atoms with Gasteiger partial charge in [-0.2, -0.15) is 0 Å². The largest absolute Gasteiger partial charge is 0.394 e. The van der Waals surface area contributed by atoms with E-state index in [9.17, 15) is 18.0 Å². The van der Waals surface area contributed by atoms with Crippen molar-refractivity contribution in [2.75, 3.05) is 86.1 Å². The number of aliphatic hydroxyl groups is 1. The summed E-state index contributed by atoms with van der Waals surface area (Å²) in [7, 11) is -1.76. The minimum Gasteiger partial charge on any atom is -0.394 e. The third kappa shape index (κ3) is 13.2. The van der Waals surface area contributed by atoms with Crippen molar-refractivity contribution in [3.05, 3.63) is 98.5 Å². The van der Waals surface area contributed by atoms with Crippen LogP contribution in [0.2, 0.25) is 10.0 Å². The molecule has 0 bridgehead atoms. The van der Waals surface area contributed by atoms with Crippen LogP contribution in [0.3, 0.4) is 0 Å². The van der Waals surface area contributed by atoms with Crippen LogP contribution in [0, 0.1) is 0 Å². The molecule has 4 rings (SSSR count). The number of fused-ring (bicyclic) bond motifs is 1. The molecule has 1 unspecified atom stereocenters. The fourth-order valence-corrected chi connectivity index (χ4v) is 7.33. The Hall–Kier alpha value is -2.95. The van der Waals surface area contributed by atoms with Gasteiger partial charge in [0.2, 0.25) is 10.0 Å². The highest BCUT2D eigenvalue weighted by Gasteiger charge is 2.28. The molecule has 1 aliphatic rings. The number of amides is 1. The Bertz CT molecular complexity index is 1710. The molecule has 284 valence electrons. The predicted molar refractivity (Wildman–Crippen MR) is 199 cm³/mol. The summed E-state index contributed by atoms with van der Waals surface area (Å²) >= 11 is 12.8. The Kier molecular flexibility index (Phi) is 17.4. The number of aliphatic hydroxyl groups excluding tert-OH is 1. The van der Waals surface area contributed by atoms with E-state index in [1.807, 2.05) is 19.2 Å². The summed E-state index contributed by atoms with van der Waals surface area (Å²) in [5.74, 6) is -0.374. The molecule has 3 N–H and O–H groups in total. The van der Waals surface area contributed by atoms with Crippen LogP contribution >= 0.6 is 23.2 Å². The molecular weight excluding hydrogens is 733 g/mol. The molecule has 0 aromatic heterocycles. The monoisotopic (exact) mass is 779 g/mol. The maximum Gasteiger partial charge on any atom is 0.251 e. The van der Waals surface area contributed by atoms with Gasteiger partial charge in [-0.25, -0.2) is 13.1 Å². The number of sulfonamides is 1. The number of benzene rings is 3. The average Bonchev–Trinajstić information content (AvgIpc) is 3.13. The number of hydrogen-bond acceptors (Lipinski definition) is 10. The average molecular weight is 781 g/mol. The zero-order valence-electron chi connectivity index (χ0n) is 29.3. The molecule has 52 heavy (non-hydrogen) atoms. The van der Waals surface area contributed by atoms with Crippen molar-refractivity contribution < 1.29 is 42.1 Å². The smallest absolute Gasteiger partial charge is 0.251 e. The van der Waals surface area contributed by atoms with E-state index in [-0.39, 0.29) is 55.5 Å². The van der Waals surface area contributed by atoms with Crippen molar-refractivity contribution in [2.24, 2.45) is 0 Å². The lowest BCUT2D eigenvalue weighted by molar-refractivity contribution is 0.0162. The van der Waals surface area contributed by atoms with E-state index in [4.69, 9.17) is 47.3 Å². The second kappa shape index (κ2) is 21.7. The quantitative estimate of drug-likeness (QED) is 0.0939. The van der Waals surface area contributed by atoms with E-state index in [0.29, 0.717) is 86.7 Å². The first kappa shape index (κ1) is 41.8. The molecular formula is C37H47Cl2N3O9S. The first-order valence-corrected chi connectivity index (χ1v) is 19.4. The van der Waals surface area contributed by atoms with Crippen LogP contribution in [0.15, 0.2) is 65.6 Å². The van der Waals surface area contributed by atoms with Crippen LogP contribution in [0.4, 0.5) is 0 Å². The number of Topliss-reactive ketones (excluding diaryl/α,β-unsaturated/α-hetero) is 1. The van der Waals surface area contributed by atoms with Gasteiger partial charge in [-0.05, 0) is 66.6 Å². The van der Waals surface area contributed by atoms with Crippen LogP contribution in [0.25, 0.3) is 0 Å². The number of ether oxygens (including phenoxy) is 4. The van der Waals surface area contributed by atoms with Crippen LogP contribution < -0.4 is 10.0 Å². The van der Waals surface area contributed by atoms with Crippen LogP contribution in [-0.4, -0.2) is 116 Å². The molecule has 0 saturated heterocycles. The van der Waals surface area contributed by atoms with Gasteiger partial charge >= 0.3 is 0 Å². The van der Waals surface area contributed by atoms with Gasteiger partial charge in [-0.1, -0.05) is 47.5 Å². The molecule has 1 amide bonds. The molecule has 1 atom stereocenters. The molecule has 1 heterocycles. The molecule has 1 aliphatic heterocycles. The number of ketones is 1. The standard InChI is InChI=1S/C37H47Cl2N3O9S/c1-42-25-33(32-23-30(38)24-35(39)34(32)26-42)29-4-2-5-31(22-29)52(46,47)41-12-16-50-19-21-51-20-18-49-15-11-40-37(45)28-9-7-27(8-10-28)36(44)6-3-14-48-17-13-43/h2,4-5,7-10,22-24,33,41,43H,3,6,11-21,25-26H2,1H3,(H,40,45). The number of rotatable bonds is 23. The Morgan fingerprint density at radius 1 is 0.846 bits per heavy atom.